The topological polar surface area (TPSA) is 107 Å². The van der Waals surface area contributed by atoms with Crippen LogP contribution in [0.4, 0.5) is 0 Å². The Hall–Kier alpha value is -1.19. The van der Waals surface area contributed by atoms with Gasteiger partial charge in [0.15, 0.2) is 0 Å². The van der Waals surface area contributed by atoms with Crippen LogP contribution in [0.15, 0.2) is 18.3 Å². The molecule has 2 aromatic rings. The van der Waals surface area contributed by atoms with Crippen LogP contribution in [-0.2, 0) is 15.8 Å². The molecule has 0 bridgehead atoms. The lowest BCUT2D eigenvalue weighted by atomic mass is 9.86. The lowest BCUT2D eigenvalue weighted by Crippen LogP contribution is -2.40. The number of halogens is 1. The summed E-state index contributed by atoms with van der Waals surface area (Å²) in [6, 6.07) is 3.45. The Morgan fingerprint density at radius 3 is 2.79 bits per heavy atom. The van der Waals surface area contributed by atoms with Gasteiger partial charge in [-0.2, -0.15) is 18.2 Å². The van der Waals surface area contributed by atoms with Crippen molar-refractivity contribution < 1.29 is 13.5 Å². The van der Waals surface area contributed by atoms with E-state index in [0.717, 1.165) is 16.5 Å². The Labute approximate surface area is 145 Å². The van der Waals surface area contributed by atoms with E-state index in [4.69, 9.17) is 11.6 Å². The first-order valence-electron chi connectivity index (χ1n) is 7.95. The summed E-state index contributed by atoms with van der Waals surface area (Å²) in [6.07, 6.45) is 2.71. The lowest BCUT2D eigenvalue weighted by molar-refractivity contribution is 0.0303. The number of hydrogen-bond acceptors (Lipinski definition) is 4. The van der Waals surface area contributed by atoms with E-state index in [9.17, 15) is 13.5 Å². The number of aromatic amines is 1. The maximum atomic E-state index is 11.8. The third kappa shape index (κ3) is 2.62. The van der Waals surface area contributed by atoms with Gasteiger partial charge in [-0.15, -0.1) is 0 Å². The molecule has 0 saturated heterocycles. The van der Waals surface area contributed by atoms with E-state index in [1.54, 1.807) is 25.3 Å². The molecular formula is C15H19ClN4O3S. The maximum Gasteiger partial charge on any atom is 0.277 e. The predicted molar refractivity (Wildman–Crippen MR) is 90.7 cm³/mol. The first kappa shape index (κ1) is 16.3. The highest BCUT2D eigenvalue weighted by molar-refractivity contribution is 7.87. The summed E-state index contributed by atoms with van der Waals surface area (Å²) in [5.74, 6) is 0.286. The fourth-order valence-corrected chi connectivity index (χ4v) is 5.46. The van der Waals surface area contributed by atoms with Crippen LogP contribution in [0.2, 0.25) is 5.02 Å². The number of aromatic nitrogens is 2. The molecule has 4 N–H and O–H groups in total. The zero-order chi connectivity index (χ0) is 17.1. The van der Waals surface area contributed by atoms with Crippen molar-refractivity contribution in [2.75, 3.05) is 6.54 Å². The number of nitrogens with one attached hydrogen (secondary N) is 3. The monoisotopic (exact) mass is 370 g/mol. The minimum atomic E-state index is -3.46. The quantitative estimate of drug-likeness (QED) is 0.635. The van der Waals surface area contributed by atoms with Crippen LogP contribution in [0, 0.1) is 11.8 Å². The molecule has 0 spiro atoms. The van der Waals surface area contributed by atoms with Gasteiger partial charge in [-0.3, -0.25) is 5.10 Å². The highest BCUT2D eigenvalue weighted by atomic mass is 35.5. The molecule has 4 rings (SSSR count). The van der Waals surface area contributed by atoms with E-state index >= 15 is 0 Å². The maximum absolute atomic E-state index is 11.8. The summed E-state index contributed by atoms with van der Waals surface area (Å²) in [4.78, 5) is 0. The Balaban J connectivity index is 1.55. The summed E-state index contributed by atoms with van der Waals surface area (Å²) in [5.41, 5.74) is 0.554. The summed E-state index contributed by atoms with van der Waals surface area (Å²) in [7, 11) is -3.46. The van der Waals surface area contributed by atoms with Gasteiger partial charge >= 0.3 is 0 Å². The van der Waals surface area contributed by atoms with Crippen molar-refractivity contribution in [3.05, 3.63) is 28.9 Å². The molecule has 2 aliphatic rings. The summed E-state index contributed by atoms with van der Waals surface area (Å²) in [5, 5.41) is 19.4. The van der Waals surface area contributed by atoms with Crippen LogP contribution in [0.5, 0.6) is 0 Å². The van der Waals surface area contributed by atoms with Gasteiger partial charge in [-0.25, -0.2) is 4.72 Å². The molecule has 9 heteroatoms. The number of benzene rings is 1. The van der Waals surface area contributed by atoms with Gasteiger partial charge in [0.25, 0.3) is 10.2 Å². The van der Waals surface area contributed by atoms with Crippen molar-refractivity contribution in [2.24, 2.45) is 11.8 Å². The van der Waals surface area contributed by atoms with Crippen molar-refractivity contribution in [1.29, 1.82) is 0 Å². The molecule has 1 aromatic heterocycles. The molecule has 2 fully saturated rings. The van der Waals surface area contributed by atoms with Gasteiger partial charge in [-0.1, -0.05) is 18.5 Å². The van der Waals surface area contributed by atoms with E-state index in [0.29, 0.717) is 24.4 Å². The Morgan fingerprint density at radius 2 is 2.12 bits per heavy atom. The van der Waals surface area contributed by atoms with E-state index in [-0.39, 0.29) is 17.9 Å². The van der Waals surface area contributed by atoms with Crippen LogP contribution in [0.1, 0.15) is 25.3 Å². The smallest absolute Gasteiger partial charge is 0.277 e. The number of rotatable bonds is 5. The van der Waals surface area contributed by atoms with E-state index in [1.807, 2.05) is 0 Å². The third-order valence-electron chi connectivity index (χ3n) is 5.13. The van der Waals surface area contributed by atoms with Crippen LogP contribution >= 0.6 is 11.6 Å². The second-order valence-corrected chi connectivity index (χ2v) is 8.66. The van der Waals surface area contributed by atoms with Crippen molar-refractivity contribution in [3.8, 4) is 0 Å². The first-order chi connectivity index (χ1) is 11.3. The largest absolute Gasteiger partial charge is 0.385 e. The number of fused-ring (bicyclic) bond motifs is 2. The molecule has 2 aliphatic carbocycles. The average molecular weight is 371 g/mol. The third-order valence-corrected chi connectivity index (χ3v) is 6.60. The Bertz CT molecular complexity index is 885. The standard InChI is InChI=1S/C15H19ClN4O3S/c1-2-18-24(22,23)20-14-9-5-15(21,6-10(9)14)12-3-8(16)4-13-11(12)7-17-19-13/h3-4,7,9-10,14,18,20-21H,2,5-6H2,1H3,(H,17,19)/t9-,10+,14-,15+. The molecule has 0 unspecified atom stereocenters. The van der Waals surface area contributed by atoms with E-state index < -0.39 is 15.8 Å². The Morgan fingerprint density at radius 1 is 1.42 bits per heavy atom. The summed E-state index contributed by atoms with van der Waals surface area (Å²) < 4.78 is 28.7. The normalized spacial score (nSPS) is 32.2. The van der Waals surface area contributed by atoms with Gasteiger partial charge in [0.2, 0.25) is 0 Å². The molecule has 1 aromatic carbocycles. The molecule has 1 heterocycles. The van der Waals surface area contributed by atoms with Crippen LogP contribution in [-0.4, -0.2) is 36.3 Å². The van der Waals surface area contributed by atoms with Gasteiger partial charge in [0, 0.05) is 23.0 Å². The molecule has 2 saturated carbocycles. The minimum absolute atomic E-state index is 0.103. The van der Waals surface area contributed by atoms with Gasteiger partial charge < -0.3 is 5.11 Å². The van der Waals surface area contributed by atoms with Crippen molar-refractivity contribution in [2.45, 2.75) is 31.4 Å². The lowest BCUT2D eigenvalue weighted by Gasteiger charge is -2.27. The fraction of sp³-hybridized carbons (Fsp3) is 0.533. The highest BCUT2D eigenvalue weighted by Crippen LogP contribution is 2.60. The Kier molecular flexibility index (Phi) is 3.67. The fourth-order valence-electron chi connectivity index (χ4n) is 4.07. The number of H-pyrrole nitrogens is 1. The van der Waals surface area contributed by atoms with Crippen LogP contribution in [0.3, 0.4) is 0 Å². The number of aliphatic hydroxyl groups is 1. The SMILES string of the molecule is CCNS(=O)(=O)N[C@@H]1[C@@H]2C[C@@](O)(c3cc(Cl)cc4[nH]ncc34)C[C@@H]21. The number of nitrogens with zero attached hydrogens (tertiary/aromatic N) is 1. The van der Waals surface area contributed by atoms with Crippen LogP contribution in [0.25, 0.3) is 10.9 Å². The van der Waals surface area contributed by atoms with Crippen molar-refractivity contribution >= 4 is 32.7 Å². The molecular weight excluding hydrogens is 352 g/mol. The predicted octanol–water partition coefficient (Wildman–Crippen LogP) is 1.26. The summed E-state index contributed by atoms with van der Waals surface area (Å²) >= 11 is 6.16. The van der Waals surface area contributed by atoms with Crippen molar-refractivity contribution in [1.82, 2.24) is 19.6 Å². The van der Waals surface area contributed by atoms with Gasteiger partial charge in [0.1, 0.15) is 0 Å². The molecule has 7 nitrogen and oxygen atoms in total. The van der Waals surface area contributed by atoms with E-state index in [2.05, 4.69) is 19.6 Å². The zero-order valence-corrected chi connectivity index (χ0v) is 14.7. The minimum Gasteiger partial charge on any atom is -0.385 e. The second-order valence-electron chi connectivity index (χ2n) is 6.70. The molecule has 130 valence electrons. The average Bonchev–Trinajstić information content (AvgIpc) is 2.90. The number of hydrogen-bond donors (Lipinski definition) is 4. The first-order valence-corrected chi connectivity index (χ1v) is 9.81. The second kappa shape index (κ2) is 5.40. The summed E-state index contributed by atoms with van der Waals surface area (Å²) in [6.45, 7) is 2.09. The molecule has 0 aliphatic heterocycles. The zero-order valence-electron chi connectivity index (χ0n) is 13.1. The highest BCUT2D eigenvalue weighted by Gasteiger charge is 2.62. The molecule has 0 radical (unpaired) electrons. The van der Waals surface area contributed by atoms with E-state index in [1.165, 1.54) is 0 Å². The van der Waals surface area contributed by atoms with Crippen molar-refractivity contribution in [3.63, 3.8) is 0 Å². The molecule has 24 heavy (non-hydrogen) atoms. The molecule has 0 amide bonds. The van der Waals surface area contributed by atoms with Gasteiger partial charge in [0.05, 0.1) is 17.3 Å². The van der Waals surface area contributed by atoms with Crippen LogP contribution < -0.4 is 9.44 Å². The van der Waals surface area contributed by atoms with Gasteiger partial charge in [-0.05, 0) is 42.4 Å². The molecule has 4 atom stereocenters.